The van der Waals surface area contributed by atoms with Crippen LogP contribution in [0.15, 0.2) is 42.5 Å². The van der Waals surface area contributed by atoms with Crippen molar-refractivity contribution in [1.82, 2.24) is 20.5 Å². The van der Waals surface area contributed by atoms with E-state index in [1.807, 2.05) is 36.4 Å². The number of carbonyl (C=O) groups is 4. The Hall–Kier alpha value is -3.75. The number of anilines is 1. The van der Waals surface area contributed by atoms with Gasteiger partial charge in [-0.15, -0.1) is 0 Å². The summed E-state index contributed by atoms with van der Waals surface area (Å²) in [5.74, 6) is -0.271. The summed E-state index contributed by atoms with van der Waals surface area (Å²) in [6.07, 6.45) is 4.26. The molecule has 0 saturated carbocycles. The van der Waals surface area contributed by atoms with Crippen LogP contribution in [0.3, 0.4) is 0 Å². The van der Waals surface area contributed by atoms with Crippen LogP contribution < -0.4 is 16.0 Å². The highest BCUT2D eigenvalue weighted by Gasteiger charge is 2.40. The van der Waals surface area contributed by atoms with Crippen LogP contribution in [0.5, 0.6) is 0 Å². The summed E-state index contributed by atoms with van der Waals surface area (Å²) >= 11 is 0. The summed E-state index contributed by atoms with van der Waals surface area (Å²) in [6.45, 7) is 3.01. The number of hydrogen-bond donors (Lipinski definition) is 3. The number of rotatable bonds is 11. The summed E-state index contributed by atoms with van der Waals surface area (Å²) in [5.41, 5.74) is 3.13. The summed E-state index contributed by atoms with van der Waals surface area (Å²) in [6, 6.07) is 13.2. The molecule has 3 atom stereocenters. The first-order valence-electron chi connectivity index (χ1n) is 13.9. The molecule has 1 fully saturated rings. The lowest BCUT2D eigenvalue weighted by atomic mass is 9.90. The molecule has 1 aromatic carbocycles. The van der Waals surface area contributed by atoms with Crippen molar-refractivity contribution in [3.05, 3.63) is 59.3 Å². The van der Waals surface area contributed by atoms with Gasteiger partial charge in [0.25, 0.3) is 0 Å². The molecule has 2 aliphatic rings. The van der Waals surface area contributed by atoms with Crippen molar-refractivity contribution in [3.8, 4) is 0 Å². The van der Waals surface area contributed by atoms with Gasteiger partial charge in [-0.25, -0.2) is 4.98 Å². The van der Waals surface area contributed by atoms with Crippen molar-refractivity contribution in [1.29, 1.82) is 0 Å². The first kappa shape index (κ1) is 28.3. The highest BCUT2D eigenvalue weighted by Crippen LogP contribution is 2.25. The van der Waals surface area contributed by atoms with E-state index in [1.54, 1.807) is 11.9 Å². The van der Waals surface area contributed by atoms with Crippen molar-refractivity contribution in [2.75, 3.05) is 32.0 Å². The first-order chi connectivity index (χ1) is 18.8. The maximum absolute atomic E-state index is 13.1. The molecule has 0 bridgehead atoms. The summed E-state index contributed by atoms with van der Waals surface area (Å²) in [4.78, 5) is 57.0. The van der Waals surface area contributed by atoms with Crippen LogP contribution in [0.1, 0.15) is 61.8 Å². The van der Waals surface area contributed by atoms with Gasteiger partial charge in [-0.3, -0.25) is 14.4 Å². The van der Waals surface area contributed by atoms with Crippen LogP contribution in [0.4, 0.5) is 5.82 Å². The normalized spacial score (nSPS) is 19.0. The standard InChI is InChI=1S/C30H39N5O4/c1-20(36)16-23(21-8-4-3-5-9-21)17-27(37)34-26-19-35(18-25(26)30(39)31-2)28(38)12-6-11-24-14-13-22-10-7-15-32-29(22)33-24/h3-5,8-9,13-14,23,25-26H,6-7,10-12,15-19H2,1-2H3,(H,31,39)(H,32,33)(H,34,37)/t23?,25-,26-/m1/s1. The van der Waals surface area contributed by atoms with Gasteiger partial charge in [-0.2, -0.15) is 0 Å². The van der Waals surface area contributed by atoms with E-state index >= 15 is 0 Å². The molecule has 9 nitrogen and oxygen atoms in total. The van der Waals surface area contributed by atoms with E-state index in [0.29, 0.717) is 19.3 Å². The van der Waals surface area contributed by atoms with Gasteiger partial charge in [0.2, 0.25) is 17.7 Å². The summed E-state index contributed by atoms with van der Waals surface area (Å²) < 4.78 is 0. The molecule has 0 spiro atoms. The molecule has 3 heterocycles. The number of benzene rings is 1. The number of fused-ring (bicyclic) bond motifs is 1. The van der Waals surface area contributed by atoms with Crippen molar-refractivity contribution < 1.29 is 19.2 Å². The van der Waals surface area contributed by atoms with Gasteiger partial charge in [-0.1, -0.05) is 36.4 Å². The lowest BCUT2D eigenvalue weighted by Gasteiger charge is -2.21. The van der Waals surface area contributed by atoms with Crippen molar-refractivity contribution >= 4 is 29.3 Å². The number of nitrogens with zero attached hydrogens (tertiary/aromatic N) is 2. The molecule has 39 heavy (non-hydrogen) atoms. The zero-order chi connectivity index (χ0) is 27.8. The molecule has 0 radical (unpaired) electrons. The van der Waals surface area contributed by atoms with E-state index in [-0.39, 0.29) is 55.4 Å². The van der Waals surface area contributed by atoms with Crippen LogP contribution in [0.25, 0.3) is 0 Å². The lowest BCUT2D eigenvalue weighted by Crippen LogP contribution is -2.46. The molecule has 1 aromatic heterocycles. The number of aromatic nitrogens is 1. The van der Waals surface area contributed by atoms with Crippen LogP contribution in [-0.4, -0.2) is 66.1 Å². The van der Waals surface area contributed by atoms with E-state index in [4.69, 9.17) is 4.98 Å². The predicted molar refractivity (Wildman–Crippen MR) is 149 cm³/mol. The Balaban J connectivity index is 1.33. The largest absolute Gasteiger partial charge is 0.370 e. The number of pyridine rings is 1. The Morgan fingerprint density at radius 2 is 1.87 bits per heavy atom. The minimum absolute atomic E-state index is 0.0133. The molecule has 2 aromatic rings. The third kappa shape index (κ3) is 7.65. The Morgan fingerprint density at radius 3 is 2.62 bits per heavy atom. The number of ketones is 1. The van der Waals surface area contributed by atoms with Gasteiger partial charge in [0.15, 0.2) is 0 Å². The highest BCUT2D eigenvalue weighted by molar-refractivity contribution is 5.85. The molecule has 2 aliphatic heterocycles. The van der Waals surface area contributed by atoms with Gasteiger partial charge in [-0.05, 0) is 55.7 Å². The number of nitrogens with one attached hydrogen (secondary N) is 3. The van der Waals surface area contributed by atoms with Gasteiger partial charge in [0.1, 0.15) is 11.6 Å². The first-order valence-corrected chi connectivity index (χ1v) is 13.9. The number of hydrogen-bond acceptors (Lipinski definition) is 6. The molecule has 4 rings (SSSR count). The second-order valence-corrected chi connectivity index (χ2v) is 10.6. The van der Waals surface area contributed by atoms with Crippen LogP contribution >= 0.6 is 0 Å². The fourth-order valence-corrected chi connectivity index (χ4v) is 5.56. The Labute approximate surface area is 230 Å². The predicted octanol–water partition coefficient (Wildman–Crippen LogP) is 2.60. The Morgan fingerprint density at radius 1 is 1.08 bits per heavy atom. The molecular weight excluding hydrogens is 494 g/mol. The smallest absolute Gasteiger partial charge is 0.226 e. The monoisotopic (exact) mass is 533 g/mol. The van der Waals surface area contributed by atoms with Crippen LogP contribution in [-0.2, 0) is 32.0 Å². The minimum atomic E-state index is -0.528. The highest BCUT2D eigenvalue weighted by atomic mass is 16.2. The molecule has 9 heteroatoms. The quantitative estimate of drug-likeness (QED) is 0.408. The zero-order valence-corrected chi connectivity index (χ0v) is 22.9. The van der Waals surface area contributed by atoms with Crippen molar-refractivity contribution in [2.24, 2.45) is 5.92 Å². The van der Waals surface area contributed by atoms with E-state index < -0.39 is 12.0 Å². The number of aryl methyl sites for hydroxylation is 2. The second-order valence-electron chi connectivity index (χ2n) is 10.6. The third-order valence-corrected chi connectivity index (χ3v) is 7.61. The molecular formula is C30H39N5O4. The fourth-order valence-electron chi connectivity index (χ4n) is 5.56. The second kappa shape index (κ2) is 13.4. The van der Waals surface area contributed by atoms with E-state index in [0.717, 1.165) is 36.5 Å². The van der Waals surface area contributed by atoms with Gasteiger partial charge < -0.3 is 25.6 Å². The molecule has 1 unspecified atom stereocenters. The van der Waals surface area contributed by atoms with Crippen LogP contribution in [0, 0.1) is 5.92 Å². The van der Waals surface area contributed by atoms with Crippen LogP contribution in [0.2, 0.25) is 0 Å². The van der Waals surface area contributed by atoms with E-state index in [9.17, 15) is 19.2 Å². The molecule has 0 aliphatic carbocycles. The average molecular weight is 534 g/mol. The lowest BCUT2D eigenvalue weighted by molar-refractivity contribution is -0.131. The number of Topliss-reactive ketones (excluding diaryl/α,β-unsaturated/α-hetero) is 1. The molecule has 3 amide bonds. The van der Waals surface area contributed by atoms with Gasteiger partial charge >= 0.3 is 0 Å². The number of likely N-dealkylation sites (tertiary alicyclic amines) is 1. The summed E-state index contributed by atoms with van der Waals surface area (Å²) in [7, 11) is 1.56. The zero-order valence-electron chi connectivity index (χ0n) is 22.9. The third-order valence-electron chi connectivity index (χ3n) is 7.61. The maximum Gasteiger partial charge on any atom is 0.226 e. The average Bonchev–Trinajstić information content (AvgIpc) is 3.36. The van der Waals surface area contributed by atoms with Crippen molar-refractivity contribution in [2.45, 2.75) is 63.8 Å². The van der Waals surface area contributed by atoms with Gasteiger partial charge in [0.05, 0.1) is 12.0 Å². The summed E-state index contributed by atoms with van der Waals surface area (Å²) in [5, 5.41) is 9.00. The van der Waals surface area contributed by atoms with E-state index in [2.05, 4.69) is 22.0 Å². The minimum Gasteiger partial charge on any atom is -0.370 e. The topological polar surface area (TPSA) is 120 Å². The molecule has 1 saturated heterocycles. The number of amides is 3. The molecule has 208 valence electrons. The van der Waals surface area contributed by atoms with Gasteiger partial charge in [0, 0.05) is 51.6 Å². The SMILES string of the molecule is CNC(=O)[C@@H]1CN(C(=O)CCCc2ccc3c(n2)NCCC3)C[C@H]1NC(=O)CC(CC(C)=O)c1ccccc1. The molecule has 3 N–H and O–H groups in total. The van der Waals surface area contributed by atoms with Crippen molar-refractivity contribution in [3.63, 3.8) is 0 Å². The fraction of sp³-hybridized carbons (Fsp3) is 0.500. The maximum atomic E-state index is 13.1. The Kier molecular flexibility index (Phi) is 9.68. The number of carbonyl (C=O) groups excluding carboxylic acids is 4. The Bertz CT molecular complexity index is 1190. The van der Waals surface area contributed by atoms with E-state index in [1.165, 1.54) is 12.5 Å².